The molecule has 1 aliphatic rings. The predicted octanol–water partition coefficient (Wildman–Crippen LogP) is 7.82. The third kappa shape index (κ3) is 2.62. The van der Waals surface area contributed by atoms with Crippen LogP contribution in [0.1, 0.15) is 25.1 Å². The van der Waals surface area contributed by atoms with Gasteiger partial charge >= 0.3 is 0 Å². The molecule has 176 valence electrons. The fourth-order valence-corrected chi connectivity index (χ4v) is 6.38. The molecule has 0 radical (unpaired) electrons. The molecule has 0 atom stereocenters. The van der Waals surface area contributed by atoms with Gasteiger partial charge in [-0.2, -0.15) is 0 Å². The lowest BCUT2D eigenvalue weighted by Gasteiger charge is -2.24. The van der Waals surface area contributed by atoms with Gasteiger partial charge in [-0.05, 0) is 42.0 Å². The molecule has 37 heavy (non-hydrogen) atoms. The number of benzene rings is 3. The van der Waals surface area contributed by atoms with E-state index >= 15 is 0 Å². The van der Waals surface area contributed by atoms with Crippen LogP contribution in [0.5, 0.6) is 0 Å². The first-order valence-corrected chi connectivity index (χ1v) is 12.7. The molecular formula is C33H24N4. The lowest BCUT2D eigenvalue weighted by Crippen LogP contribution is -2.20. The fraction of sp³-hybridized carbons (Fsp3) is 0.0909. The van der Waals surface area contributed by atoms with Crippen LogP contribution >= 0.6 is 0 Å². The zero-order valence-electron chi connectivity index (χ0n) is 20.7. The van der Waals surface area contributed by atoms with Crippen LogP contribution in [0.25, 0.3) is 55.6 Å². The van der Waals surface area contributed by atoms with Crippen molar-refractivity contribution in [1.29, 1.82) is 0 Å². The minimum absolute atomic E-state index is 0.206. The molecule has 7 aromatic rings. The van der Waals surface area contributed by atoms with Gasteiger partial charge in [-0.25, -0.2) is 4.98 Å². The SMILES string of the molecule is CC1(C)c2cccnc2-c2c1n(-c1cccc(-n3c4ccccc4c4ccccc43)n1)c1ccccc21. The van der Waals surface area contributed by atoms with Gasteiger partial charge in [-0.1, -0.05) is 80.6 Å². The molecule has 0 bridgehead atoms. The molecule has 8 rings (SSSR count). The molecule has 4 heterocycles. The van der Waals surface area contributed by atoms with Crippen molar-refractivity contribution >= 4 is 32.7 Å². The molecule has 4 aromatic heterocycles. The zero-order chi connectivity index (χ0) is 24.7. The highest BCUT2D eigenvalue weighted by molar-refractivity contribution is 6.09. The Labute approximate surface area is 214 Å². The van der Waals surface area contributed by atoms with E-state index in [1.54, 1.807) is 0 Å². The first kappa shape index (κ1) is 20.5. The van der Waals surface area contributed by atoms with Crippen LogP contribution in [0.4, 0.5) is 0 Å². The second-order valence-electron chi connectivity index (χ2n) is 10.3. The largest absolute Gasteiger partial charge is 0.297 e. The van der Waals surface area contributed by atoms with E-state index in [1.807, 2.05) is 12.3 Å². The smallest absolute Gasteiger partial charge is 0.140 e. The van der Waals surface area contributed by atoms with E-state index in [2.05, 4.69) is 120 Å². The summed E-state index contributed by atoms with van der Waals surface area (Å²) in [6.45, 7) is 4.59. The maximum absolute atomic E-state index is 5.32. The van der Waals surface area contributed by atoms with Gasteiger partial charge in [0.25, 0.3) is 0 Å². The highest BCUT2D eigenvalue weighted by Crippen LogP contribution is 2.52. The van der Waals surface area contributed by atoms with Crippen molar-refractivity contribution in [2.24, 2.45) is 0 Å². The Morgan fingerprint density at radius 2 is 1.14 bits per heavy atom. The molecule has 1 aliphatic carbocycles. The summed E-state index contributed by atoms with van der Waals surface area (Å²) in [5, 5.41) is 3.69. The standard InChI is InChI=1S/C33H24N4/c1-33(2)24-14-10-20-34-31(24)30-23-13-5-8-17-27(23)37(32(30)33)29-19-9-18-28(35-29)36-25-15-6-3-11-21(25)22-12-4-7-16-26(22)36/h3-20H,1-2H3. The van der Waals surface area contributed by atoms with Crippen LogP contribution in [0.15, 0.2) is 109 Å². The molecule has 0 saturated heterocycles. The lowest BCUT2D eigenvalue weighted by molar-refractivity contribution is 0.620. The number of nitrogens with zero attached hydrogens (tertiary/aromatic N) is 4. The van der Waals surface area contributed by atoms with Gasteiger partial charge in [0, 0.05) is 39.0 Å². The van der Waals surface area contributed by atoms with Gasteiger partial charge in [-0.15, -0.1) is 0 Å². The molecule has 0 fully saturated rings. The Balaban J connectivity index is 1.45. The van der Waals surface area contributed by atoms with Crippen LogP contribution in [0, 0.1) is 0 Å². The molecule has 4 heteroatoms. The van der Waals surface area contributed by atoms with Gasteiger partial charge in [0.1, 0.15) is 11.6 Å². The molecule has 0 spiro atoms. The Kier molecular flexibility index (Phi) is 3.97. The summed E-state index contributed by atoms with van der Waals surface area (Å²) in [6, 6.07) is 36.4. The Morgan fingerprint density at radius 3 is 1.81 bits per heavy atom. The number of fused-ring (bicyclic) bond motifs is 8. The summed E-state index contributed by atoms with van der Waals surface area (Å²) >= 11 is 0. The van der Waals surface area contributed by atoms with Gasteiger partial charge in [0.15, 0.2) is 0 Å². The predicted molar refractivity (Wildman–Crippen MR) is 151 cm³/mol. The van der Waals surface area contributed by atoms with E-state index in [0.717, 1.165) is 33.9 Å². The van der Waals surface area contributed by atoms with E-state index < -0.39 is 0 Å². The maximum atomic E-state index is 5.32. The second kappa shape index (κ2) is 7.17. The van der Waals surface area contributed by atoms with Crippen molar-refractivity contribution in [2.75, 3.05) is 0 Å². The second-order valence-corrected chi connectivity index (χ2v) is 10.3. The Morgan fingerprint density at radius 1 is 0.568 bits per heavy atom. The monoisotopic (exact) mass is 476 g/mol. The molecular weight excluding hydrogens is 452 g/mol. The lowest BCUT2D eigenvalue weighted by atomic mass is 9.86. The number of para-hydroxylation sites is 3. The number of hydrogen-bond acceptors (Lipinski definition) is 2. The number of rotatable bonds is 2. The zero-order valence-corrected chi connectivity index (χ0v) is 20.7. The third-order valence-electron chi connectivity index (χ3n) is 7.94. The first-order valence-electron chi connectivity index (χ1n) is 12.7. The number of aromatic nitrogens is 4. The summed E-state index contributed by atoms with van der Waals surface area (Å²) in [5.74, 6) is 1.82. The van der Waals surface area contributed by atoms with Crippen LogP contribution in [-0.2, 0) is 5.41 Å². The molecule has 0 N–H and O–H groups in total. The minimum Gasteiger partial charge on any atom is -0.297 e. The van der Waals surface area contributed by atoms with Gasteiger partial charge < -0.3 is 0 Å². The normalized spacial score (nSPS) is 13.9. The quantitative estimate of drug-likeness (QED) is 0.255. The molecule has 3 aromatic carbocycles. The van der Waals surface area contributed by atoms with E-state index in [1.165, 1.54) is 33.0 Å². The van der Waals surface area contributed by atoms with Crippen molar-refractivity contribution < 1.29 is 0 Å². The minimum atomic E-state index is -0.206. The molecule has 4 nitrogen and oxygen atoms in total. The molecule has 0 amide bonds. The highest BCUT2D eigenvalue weighted by atomic mass is 15.1. The summed E-state index contributed by atoms with van der Waals surface area (Å²) in [5.41, 5.74) is 8.08. The fourth-order valence-electron chi connectivity index (χ4n) is 6.38. The molecule has 0 saturated carbocycles. The topological polar surface area (TPSA) is 35.6 Å². The first-order chi connectivity index (χ1) is 18.1. The van der Waals surface area contributed by atoms with E-state index in [4.69, 9.17) is 9.97 Å². The van der Waals surface area contributed by atoms with E-state index in [0.29, 0.717) is 0 Å². The summed E-state index contributed by atoms with van der Waals surface area (Å²) < 4.78 is 4.63. The van der Waals surface area contributed by atoms with Crippen LogP contribution in [0.2, 0.25) is 0 Å². The van der Waals surface area contributed by atoms with Gasteiger partial charge in [-0.3, -0.25) is 14.1 Å². The number of pyridine rings is 2. The van der Waals surface area contributed by atoms with Gasteiger partial charge in [0.05, 0.1) is 22.2 Å². The molecule has 0 aliphatic heterocycles. The Bertz CT molecular complexity index is 1970. The van der Waals surface area contributed by atoms with Crippen molar-refractivity contribution in [2.45, 2.75) is 19.3 Å². The van der Waals surface area contributed by atoms with Crippen molar-refractivity contribution in [3.05, 3.63) is 121 Å². The van der Waals surface area contributed by atoms with Crippen molar-refractivity contribution in [3.8, 4) is 22.9 Å². The van der Waals surface area contributed by atoms with Crippen molar-refractivity contribution in [1.82, 2.24) is 19.1 Å². The number of hydrogen-bond donors (Lipinski definition) is 0. The summed E-state index contributed by atoms with van der Waals surface area (Å²) in [4.78, 5) is 10.2. The summed E-state index contributed by atoms with van der Waals surface area (Å²) in [7, 11) is 0. The van der Waals surface area contributed by atoms with Gasteiger partial charge in [0.2, 0.25) is 0 Å². The van der Waals surface area contributed by atoms with E-state index in [-0.39, 0.29) is 5.41 Å². The van der Waals surface area contributed by atoms with Crippen molar-refractivity contribution in [3.63, 3.8) is 0 Å². The Hall–Kier alpha value is -4.70. The average molecular weight is 477 g/mol. The third-order valence-corrected chi connectivity index (χ3v) is 7.94. The van der Waals surface area contributed by atoms with Crippen LogP contribution in [0.3, 0.4) is 0 Å². The highest BCUT2D eigenvalue weighted by Gasteiger charge is 2.41. The average Bonchev–Trinajstić information content (AvgIpc) is 3.54. The molecule has 0 unspecified atom stereocenters. The van der Waals surface area contributed by atoms with E-state index in [9.17, 15) is 0 Å². The van der Waals surface area contributed by atoms with Crippen LogP contribution in [-0.4, -0.2) is 19.1 Å². The van der Waals surface area contributed by atoms with Crippen LogP contribution < -0.4 is 0 Å². The summed E-state index contributed by atoms with van der Waals surface area (Å²) in [6.07, 6.45) is 1.90. The maximum Gasteiger partial charge on any atom is 0.140 e.